The van der Waals surface area contributed by atoms with Crippen molar-refractivity contribution in [3.63, 3.8) is 0 Å². The minimum absolute atomic E-state index is 0.0592. The van der Waals surface area contributed by atoms with Crippen LogP contribution in [0.25, 0.3) is 0 Å². The van der Waals surface area contributed by atoms with Gasteiger partial charge in [-0.05, 0) is 30.7 Å². The molecule has 0 atom stereocenters. The number of carboxylic acids is 1. The van der Waals surface area contributed by atoms with Crippen molar-refractivity contribution in [2.24, 2.45) is 0 Å². The standard InChI is InChI=1S/C14H14FNO3/c1-9-11(6-13(19-9)14(17)18)8-16-7-10-2-4-12(15)5-3-10/h2-6,16H,7-8H2,1H3,(H,17,18). The molecule has 0 aliphatic heterocycles. The van der Waals surface area contributed by atoms with Gasteiger partial charge in [0.15, 0.2) is 0 Å². The van der Waals surface area contributed by atoms with Crippen LogP contribution in [0.2, 0.25) is 0 Å². The third-order valence-corrected chi connectivity index (χ3v) is 2.79. The molecule has 0 saturated carbocycles. The SMILES string of the molecule is Cc1oc(C(=O)O)cc1CNCc1ccc(F)cc1. The molecule has 1 heterocycles. The van der Waals surface area contributed by atoms with E-state index in [1.807, 2.05) is 0 Å². The lowest BCUT2D eigenvalue weighted by atomic mass is 10.2. The Morgan fingerprint density at radius 3 is 2.58 bits per heavy atom. The molecule has 0 saturated heterocycles. The summed E-state index contributed by atoms with van der Waals surface area (Å²) >= 11 is 0. The molecule has 0 aliphatic carbocycles. The van der Waals surface area contributed by atoms with Gasteiger partial charge in [0, 0.05) is 18.7 Å². The molecule has 1 aromatic heterocycles. The minimum atomic E-state index is -1.08. The average molecular weight is 263 g/mol. The molecule has 0 unspecified atom stereocenters. The number of rotatable bonds is 5. The van der Waals surface area contributed by atoms with E-state index in [4.69, 9.17) is 9.52 Å². The summed E-state index contributed by atoms with van der Waals surface area (Å²) in [6.07, 6.45) is 0. The number of carbonyl (C=O) groups is 1. The molecule has 2 aromatic rings. The van der Waals surface area contributed by atoms with Crippen molar-refractivity contribution < 1.29 is 18.7 Å². The van der Waals surface area contributed by atoms with E-state index in [1.54, 1.807) is 19.1 Å². The van der Waals surface area contributed by atoms with Gasteiger partial charge in [-0.25, -0.2) is 9.18 Å². The first-order valence-corrected chi connectivity index (χ1v) is 5.84. The van der Waals surface area contributed by atoms with Crippen LogP contribution in [0.4, 0.5) is 4.39 Å². The van der Waals surface area contributed by atoms with Crippen molar-refractivity contribution in [2.45, 2.75) is 20.0 Å². The Bertz CT molecular complexity index is 575. The summed E-state index contributed by atoms with van der Waals surface area (Å²) in [5.74, 6) is -0.812. The van der Waals surface area contributed by atoms with Gasteiger partial charge in [0.1, 0.15) is 11.6 Å². The largest absolute Gasteiger partial charge is 0.475 e. The van der Waals surface area contributed by atoms with E-state index < -0.39 is 5.97 Å². The van der Waals surface area contributed by atoms with Crippen LogP contribution in [-0.2, 0) is 13.1 Å². The molecule has 0 bridgehead atoms. The van der Waals surface area contributed by atoms with Crippen LogP contribution >= 0.6 is 0 Å². The van der Waals surface area contributed by atoms with E-state index in [9.17, 15) is 9.18 Å². The average Bonchev–Trinajstić information content (AvgIpc) is 2.74. The topological polar surface area (TPSA) is 62.5 Å². The van der Waals surface area contributed by atoms with Crippen LogP contribution in [0.1, 0.15) is 27.4 Å². The smallest absolute Gasteiger partial charge is 0.371 e. The Kier molecular flexibility index (Phi) is 3.97. The summed E-state index contributed by atoms with van der Waals surface area (Å²) in [6.45, 7) is 2.80. The number of furan rings is 1. The van der Waals surface area contributed by atoms with Gasteiger partial charge in [-0.3, -0.25) is 0 Å². The van der Waals surface area contributed by atoms with E-state index in [0.29, 0.717) is 18.8 Å². The van der Waals surface area contributed by atoms with Gasteiger partial charge in [-0.2, -0.15) is 0 Å². The van der Waals surface area contributed by atoms with Gasteiger partial charge < -0.3 is 14.8 Å². The van der Waals surface area contributed by atoms with Gasteiger partial charge >= 0.3 is 5.97 Å². The Balaban J connectivity index is 1.92. The molecule has 0 spiro atoms. The Hall–Kier alpha value is -2.14. The summed E-state index contributed by atoms with van der Waals surface area (Å²) in [5.41, 5.74) is 1.76. The Labute approximate surface area is 109 Å². The molecular weight excluding hydrogens is 249 g/mol. The van der Waals surface area contributed by atoms with E-state index in [0.717, 1.165) is 11.1 Å². The Morgan fingerprint density at radius 2 is 2.00 bits per heavy atom. The molecule has 0 aliphatic rings. The highest BCUT2D eigenvalue weighted by atomic mass is 19.1. The molecule has 2 N–H and O–H groups in total. The number of halogens is 1. The maximum atomic E-state index is 12.7. The lowest BCUT2D eigenvalue weighted by Gasteiger charge is -2.03. The summed E-state index contributed by atoms with van der Waals surface area (Å²) in [7, 11) is 0. The molecule has 0 fully saturated rings. The predicted molar refractivity (Wildman–Crippen MR) is 67.3 cm³/mol. The third-order valence-electron chi connectivity index (χ3n) is 2.79. The number of benzene rings is 1. The highest BCUT2D eigenvalue weighted by Crippen LogP contribution is 2.14. The van der Waals surface area contributed by atoms with Crippen molar-refractivity contribution in [1.29, 1.82) is 0 Å². The summed E-state index contributed by atoms with van der Waals surface area (Å²) in [6, 6.07) is 7.72. The number of hydrogen-bond donors (Lipinski definition) is 2. The van der Waals surface area contributed by atoms with E-state index in [-0.39, 0.29) is 11.6 Å². The molecule has 4 nitrogen and oxygen atoms in total. The van der Waals surface area contributed by atoms with Crippen LogP contribution in [0.3, 0.4) is 0 Å². The number of aromatic carboxylic acids is 1. The minimum Gasteiger partial charge on any atom is -0.475 e. The first-order valence-electron chi connectivity index (χ1n) is 5.84. The maximum Gasteiger partial charge on any atom is 0.371 e. The summed E-state index contributed by atoms with van der Waals surface area (Å²) in [5, 5.41) is 12.0. The Morgan fingerprint density at radius 1 is 1.32 bits per heavy atom. The van der Waals surface area contributed by atoms with Crippen LogP contribution in [-0.4, -0.2) is 11.1 Å². The first kappa shape index (κ1) is 13.3. The second-order valence-electron chi connectivity index (χ2n) is 4.23. The quantitative estimate of drug-likeness (QED) is 0.870. The van der Waals surface area contributed by atoms with Gasteiger partial charge in [0.05, 0.1) is 0 Å². The summed E-state index contributed by atoms with van der Waals surface area (Å²) in [4.78, 5) is 10.7. The van der Waals surface area contributed by atoms with Crippen molar-refractivity contribution in [3.8, 4) is 0 Å². The second kappa shape index (κ2) is 5.67. The van der Waals surface area contributed by atoms with Crippen molar-refractivity contribution in [1.82, 2.24) is 5.32 Å². The van der Waals surface area contributed by atoms with Gasteiger partial charge in [0.25, 0.3) is 0 Å². The van der Waals surface area contributed by atoms with Crippen molar-refractivity contribution >= 4 is 5.97 Å². The molecule has 0 amide bonds. The molecule has 19 heavy (non-hydrogen) atoms. The van der Waals surface area contributed by atoms with Crippen LogP contribution in [0, 0.1) is 12.7 Å². The van der Waals surface area contributed by atoms with Crippen molar-refractivity contribution in [3.05, 3.63) is 58.8 Å². The first-order chi connectivity index (χ1) is 9.06. The van der Waals surface area contributed by atoms with E-state index >= 15 is 0 Å². The molecule has 5 heteroatoms. The van der Waals surface area contributed by atoms with E-state index in [2.05, 4.69) is 5.32 Å². The zero-order valence-corrected chi connectivity index (χ0v) is 10.4. The fourth-order valence-corrected chi connectivity index (χ4v) is 1.74. The summed E-state index contributed by atoms with van der Waals surface area (Å²) < 4.78 is 17.8. The number of carboxylic acid groups (broad SMARTS) is 1. The molecule has 100 valence electrons. The zero-order chi connectivity index (χ0) is 13.8. The monoisotopic (exact) mass is 263 g/mol. The van der Waals surface area contributed by atoms with Gasteiger partial charge in [-0.1, -0.05) is 12.1 Å². The van der Waals surface area contributed by atoms with Crippen LogP contribution < -0.4 is 5.32 Å². The molecular formula is C14H14FNO3. The maximum absolute atomic E-state index is 12.7. The van der Waals surface area contributed by atoms with E-state index in [1.165, 1.54) is 18.2 Å². The second-order valence-corrected chi connectivity index (χ2v) is 4.23. The number of aryl methyl sites for hydroxylation is 1. The highest BCUT2D eigenvalue weighted by Gasteiger charge is 2.12. The fourth-order valence-electron chi connectivity index (χ4n) is 1.74. The number of nitrogens with one attached hydrogen (secondary N) is 1. The number of hydrogen-bond acceptors (Lipinski definition) is 3. The third kappa shape index (κ3) is 3.42. The van der Waals surface area contributed by atoms with Crippen LogP contribution in [0.5, 0.6) is 0 Å². The normalized spacial score (nSPS) is 10.6. The van der Waals surface area contributed by atoms with Gasteiger partial charge in [0.2, 0.25) is 5.76 Å². The molecule has 1 aromatic carbocycles. The molecule has 2 rings (SSSR count). The van der Waals surface area contributed by atoms with Gasteiger partial charge in [-0.15, -0.1) is 0 Å². The highest BCUT2D eigenvalue weighted by molar-refractivity contribution is 5.84. The van der Waals surface area contributed by atoms with Crippen molar-refractivity contribution in [2.75, 3.05) is 0 Å². The fraction of sp³-hybridized carbons (Fsp3) is 0.214. The zero-order valence-electron chi connectivity index (χ0n) is 10.4. The predicted octanol–water partition coefficient (Wildman–Crippen LogP) is 2.72. The lowest BCUT2D eigenvalue weighted by Crippen LogP contribution is -2.12. The molecule has 0 radical (unpaired) electrons. The van der Waals surface area contributed by atoms with Crippen LogP contribution in [0.15, 0.2) is 34.7 Å². The lowest BCUT2D eigenvalue weighted by molar-refractivity contribution is 0.0661.